The van der Waals surface area contributed by atoms with E-state index in [1.807, 2.05) is 0 Å². The highest BCUT2D eigenvalue weighted by Crippen LogP contribution is 2.36. The molecule has 11 heteroatoms. The van der Waals surface area contributed by atoms with E-state index >= 15 is 0 Å². The van der Waals surface area contributed by atoms with E-state index in [1.54, 1.807) is 98.8 Å². The number of rotatable bonds is 9. The maximum absolute atomic E-state index is 14.5. The van der Waals surface area contributed by atoms with Crippen LogP contribution in [0, 0.1) is 5.92 Å². The number of aliphatic hydroxyl groups is 1. The summed E-state index contributed by atoms with van der Waals surface area (Å²) < 4.78 is 47.7. The minimum absolute atomic E-state index is 0.00278. The quantitative estimate of drug-likeness (QED) is 0.356. The average molecular weight is 610 g/mol. The third-order valence-corrected chi connectivity index (χ3v) is 7.36. The van der Waals surface area contributed by atoms with Crippen LogP contribution in [-0.4, -0.2) is 69.2 Å². The topological polar surface area (TPSA) is 90.4 Å². The molecule has 232 valence electrons. The van der Waals surface area contributed by atoms with Gasteiger partial charge in [-0.1, -0.05) is 74.5 Å². The van der Waals surface area contributed by atoms with Crippen molar-refractivity contribution in [1.82, 2.24) is 14.9 Å². The van der Waals surface area contributed by atoms with Crippen molar-refractivity contribution in [3.63, 3.8) is 0 Å². The SMILES string of the molecule is COc1ccc(C(=O)N2C=C(c3ccccc3)N(N(C(C)=O)C(Cc3ccccc3)C(O)C(F)(F)F)C(=O)C2C(C)C)cc1. The van der Waals surface area contributed by atoms with Gasteiger partial charge in [0, 0.05) is 24.3 Å². The van der Waals surface area contributed by atoms with E-state index in [2.05, 4.69) is 0 Å². The number of carbonyl (C=O) groups excluding carboxylic acids is 3. The Kier molecular flexibility index (Phi) is 9.78. The molecule has 8 nitrogen and oxygen atoms in total. The van der Waals surface area contributed by atoms with Gasteiger partial charge in [-0.2, -0.15) is 13.2 Å². The van der Waals surface area contributed by atoms with Gasteiger partial charge in [0.15, 0.2) is 6.10 Å². The van der Waals surface area contributed by atoms with Crippen LogP contribution in [0.5, 0.6) is 5.75 Å². The number of hydrogen-bond donors (Lipinski definition) is 1. The lowest BCUT2D eigenvalue weighted by Gasteiger charge is -2.48. The molecule has 3 aromatic carbocycles. The summed E-state index contributed by atoms with van der Waals surface area (Å²) in [6.07, 6.45) is -7.14. The van der Waals surface area contributed by atoms with Gasteiger partial charge in [-0.3, -0.25) is 19.3 Å². The lowest BCUT2D eigenvalue weighted by atomic mass is 9.96. The molecule has 3 atom stereocenters. The van der Waals surface area contributed by atoms with Crippen LogP contribution in [0.15, 0.2) is 91.1 Å². The first-order valence-corrected chi connectivity index (χ1v) is 14.0. The maximum atomic E-state index is 14.5. The summed E-state index contributed by atoms with van der Waals surface area (Å²) in [5, 5.41) is 12.2. The highest BCUT2D eigenvalue weighted by molar-refractivity contribution is 6.03. The van der Waals surface area contributed by atoms with Crippen LogP contribution < -0.4 is 4.74 Å². The summed E-state index contributed by atoms with van der Waals surface area (Å²) >= 11 is 0. The number of alkyl halides is 3. The molecule has 4 rings (SSSR count). The van der Waals surface area contributed by atoms with Crippen LogP contribution in [0.1, 0.15) is 42.3 Å². The molecule has 0 spiro atoms. The van der Waals surface area contributed by atoms with Crippen LogP contribution in [-0.2, 0) is 16.0 Å². The smallest absolute Gasteiger partial charge is 0.416 e. The predicted molar refractivity (Wildman–Crippen MR) is 158 cm³/mol. The second-order valence-corrected chi connectivity index (χ2v) is 10.8. The van der Waals surface area contributed by atoms with Gasteiger partial charge < -0.3 is 9.84 Å². The molecule has 44 heavy (non-hydrogen) atoms. The van der Waals surface area contributed by atoms with Crippen molar-refractivity contribution in [3.05, 3.63) is 108 Å². The number of halogens is 3. The van der Waals surface area contributed by atoms with Crippen molar-refractivity contribution in [3.8, 4) is 5.75 Å². The summed E-state index contributed by atoms with van der Waals surface area (Å²) in [7, 11) is 1.49. The number of aliphatic hydroxyl groups excluding tert-OH is 1. The molecule has 0 aliphatic carbocycles. The molecule has 0 saturated carbocycles. The lowest BCUT2D eigenvalue weighted by Crippen LogP contribution is -2.65. The number of hydrazine groups is 1. The van der Waals surface area contributed by atoms with Crippen molar-refractivity contribution in [2.24, 2.45) is 5.92 Å². The number of methoxy groups -OCH3 is 1. The second kappa shape index (κ2) is 13.3. The van der Waals surface area contributed by atoms with Crippen LogP contribution >= 0.6 is 0 Å². The van der Waals surface area contributed by atoms with E-state index in [9.17, 15) is 32.7 Å². The van der Waals surface area contributed by atoms with E-state index in [0.29, 0.717) is 21.9 Å². The first-order chi connectivity index (χ1) is 20.8. The van der Waals surface area contributed by atoms with Crippen molar-refractivity contribution in [2.75, 3.05) is 7.11 Å². The number of hydrogen-bond acceptors (Lipinski definition) is 5. The fourth-order valence-corrected chi connectivity index (χ4v) is 5.26. The summed E-state index contributed by atoms with van der Waals surface area (Å²) in [4.78, 5) is 42.9. The van der Waals surface area contributed by atoms with Gasteiger partial charge in [-0.25, -0.2) is 10.0 Å². The summed E-state index contributed by atoms with van der Waals surface area (Å²) in [6.45, 7) is 4.43. The fraction of sp³-hybridized carbons (Fsp3) is 0.303. The lowest BCUT2D eigenvalue weighted by molar-refractivity contribution is -0.232. The first-order valence-electron chi connectivity index (χ1n) is 14.0. The number of ether oxygens (including phenoxy) is 1. The number of amides is 3. The molecular formula is C33H34F3N3O5. The summed E-state index contributed by atoms with van der Waals surface area (Å²) in [5.41, 5.74) is 1.02. The van der Waals surface area contributed by atoms with E-state index in [0.717, 1.165) is 11.9 Å². The molecule has 3 aromatic rings. The molecular weight excluding hydrogens is 575 g/mol. The summed E-state index contributed by atoms with van der Waals surface area (Å²) in [5.74, 6) is -2.23. The van der Waals surface area contributed by atoms with Gasteiger partial charge in [0.25, 0.3) is 11.8 Å². The Morgan fingerprint density at radius 3 is 2.02 bits per heavy atom. The third-order valence-electron chi connectivity index (χ3n) is 7.36. The van der Waals surface area contributed by atoms with Crippen molar-refractivity contribution < 1.29 is 37.4 Å². The highest BCUT2D eigenvalue weighted by Gasteiger charge is 2.51. The first kappa shape index (κ1) is 32.3. The largest absolute Gasteiger partial charge is 0.497 e. The molecule has 0 bridgehead atoms. The zero-order chi connectivity index (χ0) is 32.2. The number of benzene rings is 3. The molecule has 0 saturated heterocycles. The Hall–Kier alpha value is -4.64. The fourth-order valence-electron chi connectivity index (χ4n) is 5.26. The third kappa shape index (κ3) is 6.78. The standard InChI is InChI=1S/C33H34F3N3O5/c1-21(2)29-32(43)39(38(22(3)40)27(30(41)33(34,35)36)19-23-11-7-5-8-12-23)28(24-13-9-6-10-14-24)20-37(29)31(42)25-15-17-26(44-4)18-16-25/h5-18,20-21,27,29-30,41H,19H2,1-4H3. The van der Waals surface area contributed by atoms with Crippen molar-refractivity contribution >= 4 is 23.4 Å². The normalized spacial score (nSPS) is 16.8. The monoisotopic (exact) mass is 609 g/mol. The Labute approximate surface area is 253 Å². The van der Waals surface area contributed by atoms with Crippen molar-refractivity contribution in [1.29, 1.82) is 0 Å². The van der Waals surface area contributed by atoms with Gasteiger partial charge in [0.05, 0.1) is 18.8 Å². The number of nitrogens with zero attached hydrogens (tertiary/aromatic N) is 3. The second-order valence-electron chi connectivity index (χ2n) is 10.8. The maximum Gasteiger partial charge on any atom is 0.416 e. The molecule has 1 aliphatic rings. The van der Waals surface area contributed by atoms with Gasteiger partial charge in [-0.05, 0) is 42.2 Å². The molecule has 1 N–H and O–H groups in total. The van der Waals surface area contributed by atoms with E-state index in [-0.39, 0.29) is 11.3 Å². The molecule has 0 fully saturated rings. The Morgan fingerprint density at radius 1 is 0.955 bits per heavy atom. The molecule has 1 heterocycles. The number of carbonyl (C=O) groups is 3. The van der Waals surface area contributed by atoms with Gasteiger partial charge in [0.1, 0.15) is 11.8 Å². The van der Waals surface area contributed by atoms with Crippen molar-refractivity contribution in [2.45, 2.75) is 51.6 Å². The van der Waals surface area contributed by atoms with E-state index < -0.39 is 54.4 Å². The van der Waals surface area contributed by atoms with Gasteiger partial charge in [0.2, 0.25) is 5.91 Å². The van der Waals surface area contributed by atoms with Crippen LogP contribution in [0.3, 0.4) is 0 Å². The van der Waals surface area contributed by atoms with E-state index in [4.69, 9.17) is 4.74 Å². The Morgan fingerprint density at radius 2 is 1.52 bits per heavy atom. The minimum atomic E-state index is -5.11. The zero-order valence-corrected chi connectivity index (χ0v) is 24.7. The highest BCUT2D eigenvalue weighted by atomic mass is 19.4. The van der Waals surface area contributed by atoms with Crippen LogP contribution in [0.2, 0.25) is 0 Å². The molecule has 3 amide bonds. The summed E-state index contributed by atoms with van der Waals surface area (Å²) in [6, 6.07) is 19.5. The van der Waals surface area contributed by atoms with Gasteiger partial charge in [-0.15, -0.1) is 0 Å². The van der Waals surface area contributed by atoms with Gasteiger partial charge >= 0.3 is 6.18 Å². The van der Waals surface area contributed by atoms with Crippen LogP contribution in [0.25, 0.3) is 5.70 Å². The Bertz CT molecular complexity index is 1490. The van der Waals surface area contributed by atoms with E-state index in [1.165, 1.54) is 18.2 Å². The molecule has 0 aromatic heterocycles. The predicted octanol–water partition coefficient (Wildman–Crippen LogP) is 5.30. The minimum Gasteiger partial charge on any atom is -0.497 e. The average Bonchev–Trinajstić information content (AvgIpc) is 3.00. The molecule has 1 aliphatic heterocycles. The van der Waals surface area contributed by atoms with Crippen LogP contribution in [0.4, 0.5) is 13.2 Å². The molecule has 0 radical (unpaired) electrons. The zero-order valence-electron chi connectivity index (χ0n) is 24.7. The molecule has 3 unspecified atom stereocenters. The Balaban J connectivity index is 1.93.